The second-order valence-electron chi connectivity index (χ2n) is 5.52. The standard InChI is InChI=1S/C14H18BrClFNO/c1-14(2)9-18(7-10(6-15)19-14)8-11-12(16)4-3-5-13(11)17/h3-5,10H,6-9H2,1-2H3. The highest BCUT2D eigenvalue weighted by atomic mass is 79.9. The summed E-state index contributed by atoms with van der Waals surface area (Å²) >= 11 is 9.54. The van der Waals surface area contributed by atoms with E-state index in [9.17, 15) is 4.39 Å². The number of hydrogen-bond acceptors (Lipinski definition) is 2. The zero-order chi connectivity index (χ0) is 14.0. The van der Waals surface area contributed by atoms with Crippen molar-refractivity contribution in [3.05, 3.63) is 34.6 Å². The summed E-state index contributed by atoms with van der Waals surface area (Å²) in [5.41, 5.74) is 0.337. The molecule has 0 aliphatic carbocycles. The fourth-order valence-electron chi connectivity index (χ4n) is 2.52. The lowest BCUT2D eigenvalue weighted by Gasteiger charge is -2.42. The molecule has 1 heterocycles. The molecular formula is C14H18BrClFNO. The Morgan fingerprint density at radius 1 is 1.53 bits per heavy atom. The van der Waals surface area contributed by atoms with E-state index in [-0.39, 0.29) is 17.5 Å². The normalized spacial score (nSPS) is 23.5. The average Bonchev–Trinajstić information content (AvgIpc) is 2.32. The van der Waals surface area contributed by atoms with Crippen molar-refractivity contribution in [2.45, 2.75) is 32.1 Å². The molecule has 0 aromatic heterocycles. The van der Waals surface area contributed by atoms with Crippen LogP contribution in [0.3, 0.4) is 0 Å². The Kier molecular flexibility index (Phi) is 4.88. The first-order valence-electron chi connectivity index (χ1n) is 6.30. The summed E-state index contributed by atoms with van der Waals surface area (Å²) in [6.07, 6.45) is 0.120. The predicted molar refractivity (Wildman–Crippen MR) is 79.4 cm³/mol. The van der Waals surface area contributed by atoms with Crippen LogP contribution in [0.1, 0.15) is 19.4 Å². The fourth-order valence-corrected chi connectivity index (χ4v) is 3.08. The number of halogens is 3. The lowest BCUT2D eigenvalue weighted by molar-refractivity contribution is -0.128. The average molecular weight is 351 g/mol. The van der Waals surface area contributed by atoms with E-state index < -0.39 is 0 Å². The highest BCUT2D eigenvalue weighted by molar-refractivity contribution is 9.09. The lowest BCUT2D eigenvalue weighted by atomic mass is 10.0. The third-order valence-corrected chi connectivity index (χ3v) is 4.24. The minimum absolute atomic E-state index is 0.120. The molecule has 106 valence electrons. The smallest absolute Gasteiger partial charge is 0.129 e. The summed E-state index contributed by atoms with van der Waals surface area (Å²) in [5, 5.41) is 1.26. The highest BCUT2D eigenvalue weighted by Gasteiger charge is 2.33. The summed E-state index contributed by atoms with van der Waals surface area (Å²) in [5.74, 6) is -0.243. The van der Waals surface area contributed by atoms with Crippen molar-refractivity contribution in [2.24, 2.45) is 0 Å². The van der Waals surface area contributed by atoms with Gasteiger partial charge >= 0.3 is 0 Å². The molecule has 0 spiro atoms. The van der Waals surface area contributed by atoms with Crippen LogP contribution in [0, 0.1) is 5.82 Å². The second-order valence-corrected chi connectivity index (χ2v) is 6.58. The Morgan fingerprint density at radius 3 is 2.89 bits per heavy atom. The van der Waals surface area contributed by atoms with Crippen LogP contribution in [0.5, 0.6) is 0 Å². The summed E-state index contributed by atoms with van der Waals surface area (Å²) in [6, 6.07) is 4.81. The number of rotatable bonds is 3. The van der Waals surface area contributed by atoms with Gasteiger partial charge in [0.1, 0.15) is 5.82 Å². The summed E-state index contributed by atoms with van der Waals surface area (Å²) in [6.45, 7) is 6.16. The third-order valence-electron chi connectivity index (χ3n) is 3.17. The van der Waals surface area contributed by atoms with Crippen LogP contribution >= 0.6 is 27.5 Å². The van der Waals surface area contributed by atoms with Crippen LogP contribution in [-0.2, 0) is 11.3 Å². The van der Waals surface area contributed by atoms with Crippen molar-refractivity contribution in [1.29, 1.82) is 0 Å². The molecule has 19 heavy (non-hydrogen) atoms. The molecular weight excluding hydrogens is 333 g/mol. The van der Waals surface area contributed by atoms with Crippen LogP contribution in [0.15, 0.2) is 18.2 Å². The number of hydrogen-bond donors (Lipinski definition) is 0. The first-order chi connectivity index (χ1) is 8.91. The number of benzene rings is 1. The monoisotopic (exact) mass is 349 g/mol. The topological polar surface area (TPSA) is 12.5 Å². The SMILES string of the molecule is CC1(C)CN(Cc2c(F)cccc2Cl)CC(CBr)O1. The zero-order valence-corrected chi connectivity index (χ0v) is 13.5. The number of alkyl halides is 1. The molecule has 1 aromatic carbocycles. The van der Waals surface area contributed by atoms with Crippen molar-refractivity contribution in [2.75, 3.05) is 18.4 Å². The van der Waals surface area contributed by atoms with Crippen LogP contribution < -0.4 is 0 Å². The van der Waals surface area contributed by atoms with Crippen molar-refractivity contribution in [1.82, 2.24) is 4.90 Å². The zero-order valence-electron chi connectivity index (χ0n) is 11.1. The quantitative estimate of drug-likeness (QED) is 0.768. The Bertz CT molecular complexity index is 435. The molecule has 0 bridgehead atoms. The van der Waals surface area contributed by atoms with Gasteiger partial charge in [-0.25, -0.2) is 4.39 Å². The maximum atomic E-state index is 13.8. The van der Waals surface area contributed by atoms with Crippen molar-refractivity contribution < 1.29 is 9.13 Å². The maximum absolute atomic E-state index is 13.8. The van der Waals surface area contributed by atoms with Gasteiger partial charge in [0.2, 0.25) is 0 Å². The molecule has 0 saturated carbocycles. The van der Waals surface area contributed by atoms with Gasteiger partial charge in [0.25, 0.3) is 0 Å². The van der Waals surface area contributed by atoms with Crippen LogP contribution in [0.2, 0.25) is 5.02 Å². The van der Waals surface area contributed by atoms with Crippen molar-refractivity contribution in [3.63, 3.8) is 0 Å². The highest BCUT2D eigenvalue weighted by Crippen LogP contribution is 2.26. The lowest BCUT2D eigenvalue weighted by Crippen LogP contribution is -2.52. The molecule has 2 rings (SSSR count). The van der Waals surface area contributed by atoms with E-state index >= 15 is 0 Å². The largest absolute Gasteiger partial charge is 0.369 e. The van der Waals surface area contributed by atoms with Gasteiger partial charge in [-0.15, -0.1) is 0 Å². The van der Waals surface area contributed by atoms with Gasteiger partial charge in [0.15, 0.2) is 0 Å². The van der Waals surface area contributed by atoms with E-state index in [1.807, 2.05) is 0 Å². The van der Waals surface area contributed by atoms with Gasteiger partial charge in [-0.05, 0) is 26.0 Å². The molecule has 1 saturated heterocycles. The van der Waals surface area contributed by atoms with Crippen molar-refractivity contribution in [3.8, 4) is 0 Å². The summed E-state index contributed by atoms with van der Waals surface area (Å²) in [4.78, 5) is 2.19. The number of nitrogens with zero attached hydrogens (tertiary/aromatic N) is 1. The molecule has 0 radical (unpaired) electrons. The second kappa shape index (κ2) is 6.08. The van der Waals surface area contributed by atoms with E-state index in [2.05, 4.69) is 34.7 Å². The Hall–Kier alpha value is -0.160. The molecule has 1 aliphatic rings. The number of ether oxygens (including phenoxy) is 1. The van der Waals surface area contributed by atoms with E-state index in [0.717, 1.165) is 18.4 Å². The molecule has 1 atom stereocenters. The van der Waals surface area contributed by atoms with Crippen molar-refractivity contribution >= 4 is 27.5 Å². The molecule has 2 nitrogen and oxygen atoms in total. The summed E-state index contributed by atoms with van der Waals surface area (Å²) < 4.78 is 19.8. The molecule has 0 amide bonds. The van der Waals surface area contributed by atoms with Gasteiger partial charge < -0.3 is 4.74 Å². The minimum atomic E-state index is -0.243. The molecule has 5 heteroatoms. The first-order valence-corrected chi connectivity index (χ1v) is 7.80. The van der Waals surface area contributed by atoms with Gasteiger partial charge in [-0.2, -0.15) is 0 Å². The van der Waals surface area contributed by atoms with Gasteiger partial charge in [-0.1, -0.05) is 33.6 Å². The van der Waals surface area contributed by atoms with E-state index in [4.69, 9.17) is 16.3 Å². The predicted octanol–water partition coefficient (Wildman–Crippen LogP) is 3.85. The van der Waals surface area contributed by atoms with E-state index in [1.165, 1.54) is 6.07 Å². The van der Waals surface area contributed by atoms with Gasteiger partial charge in [-0.3, -0.25) is 4.90 Å². The van der Waals surface area contributed by atoms with Gasteiger partial charge in [0, 0.05) is 35.6 Å². The molecule has 1 aliphatic heterocycles. The molecule has 0 N–H and O–H groups in total. The third kappa shape index (κ3) is 3.91. The Morgan fingerprint density at radius 2 is 2.26 bits per heavy atom. The Labute approximate surface area is 127 Å². The first kappa shape index (κ1) is 15.2. The Balaban J connectivity index is 2.14. The minimum Gasteiger partial charge on any atom is -0.369 e. The van der Waals surface area contributed by atoms with Crippen LogP contribution in [-0.4, -0.2) is 35.0 Å². The van der Waals surface area contributed by atoms with Crippen LogP contribution in [0.25, 0.3) is 0 Å². The van der Waals surface area contributed by atoms with Crippen LogP contribution in [0.4, 0.5) is 4.39 Å². The maximum Gasteiger partial charge on any atom is 0.129 e. The summed E-state index contributed by atoms with van der Waals surface area (Å²) in [7, 11) is 0. The van der Waals surface area contributed by atoms with Gasteiger partial charge in [0.05, 0.1) is 11.7 Å². The number of morpholine rings is 1. The molecule has 1 fully saturated rings. The van der Waals surface area contributed by atoms with E-state index in [1.54, 1.807) is 12.1 Å². The molecule has 1 unspecified atom stereocenters. The fraction of sp³-hybridized carbons (Fsp3) is 0.571. The van der Waals surface area contributed by atoms with E-state index in [0.29, 0.717) is 17.1 Å². The molecule has 1 aromatic rings.